The van der Waals surface area contributed by atoms with Gasteiger partial charge in [-0.2, -0.15) is 0 Å². The zero-order valence-electron chi connectivity index (χ0n) is 17.2. The van der Waals surface area contributed by atoms with Gasteiger partial charge in [0.15, 0.2) is 5.96 Å². The van der Waals surface area contributed by atoms with Crippen molar-refractivity contribution in [3.05, 3.63) is 77.4 Å². The van der Waals surface area contributed by atoms with E-state index in [0.717, 1.165) is 49.1 Å². The normalized spacial score (nSPS) is 14.6. The van der Waals surface area contributed by atoms with E-state index in [4.69, 9.17) is 4.74 Å². The second kappa shape index (κ2) is 10.1. The first-order valence-electron chi connectivity index (χ1n) is 10.2. The molecule has 0 unspecified atom stereocenters. The zero-order valence-corrected chi connectivity index (χ0v) is 18.0. The molecule has 1 fully saturated rings. The number of hydrogen-bond acceptors (Lipinski definition) is 5. The molecule has 3 aromatic rings. The van der Waals surface area contributed by atoms with E-state index in [9.17, 15) is 0 Å². The summed E-state index contributed by atoms with van der Waals surface area (Å²) in [7, 11) is 1.85. The van der Waals surface area contributed by atoms with Crippen molar-refractivity contribution in [3.63, 3.8) is 0 Å². The van der Waals surface area contributed by atoms with E-state index in [1.165, 1.54) is 5.00 Å². The number of aliphatic imine (C=N–C) groups is 1. The number of nitrogens with zero attached hydrogens (tertiary/aromatic N) is 4. The Morgan fingerprint density at radius 2 is 2.00 bits per heavy atom. The van der Waals surface area contributed by atoms with Crippen LogP contribution in [0.1, 0.15) is 11.3 Å². The monoisotopic (exact) mass is 421 g/mol. The number of aromatic nitrogens is 1. The highest BCUT2D eigenvalue weighted by Gasteiger charge is 2.20. The number of rotatable bonds is 6. The third-order valence-electron chi connectivity index (χ3n) is 5.07. The van der Waals surface area contributed by atoms with Crippen LogP contribution in [-0.4, -0.2) is 49.1 Å². The van der Waals surface area contributed by atoms with Crippen LogP contribution >= 0.6 is 11.3 Å². The molecule has 2 aromatic heterocycles. The molecule has 0 spiro atoms. The van der Waals surface area contributed by atoms with Crippen LogP contribution < -0.4 is 15.0 Å². The first-order chi connectivity index (χ1) is 14.8. The number of benzene rings is 1. The summed E-state index contributed by atoms with van der Waals surface area (Å²) < 4.78 is 5.89. The highest BCUT2D eigenvalue weighted by atomic mass is 32.1. The van der Waals surface area contributed by atoms with E-state index >= 15 is 0 Å². The average molecular weight is 422 g/mol. The Labute approximate surface area is 181 Å². The van der Waals surface area contributed by atoms with E-state index < -0.39 is 0 Å². The van der Waals surface area contributed by atoms with Crippen molar-refractivity contribution in [3.8, 4) is 5.75 Å². The van der Waals surface area contributed by atoms with E-state index in [-0.39, 0.29) is 0 Å². The van der Waals surface area contributed by atoms with Crippen LogP contribution in [0.5, 0.6) is 5.75 Å². The van der Waals surface area contributed by atoms with Crippen molar-refractivity contribution in [2.45, 2.75) is 13.2 Å². The number of anilines is 1. The van der Waals surface area contributed by atoms with Gasteiger partial charge in [0.1, 0.15) is 12.4 Å². The SMILES string of the molecule is CN=C(NCc1cccc(OCc2ccccn2)c1)N1CCN(c2cccs2)CC1. The average Bonchev–Trinajstić information content (AvgIpc) is 3.35. The zero-order chi connectivity index (χ0) is 20.6. The largest absolute Gasteiger partial charge is 0.487 e. The molecule has 1 saturated heterocycles. The summed E-state index contributed by atoms with van der Waals surface area (Å²) in [5, 5.41) is 6.98. The lowest BCUT2D eigenvalue weighted by Crippen LogP contribution is -2.52. The molecule has 3 heterocycles. The number of nitrogens with one attached hydrogen (secondary N) is 1. The minimum absolute atomic E-state index is 0.466. The molecule has 0 amide bonds. The lowest BCUT2D eigenvalue weighted by atomic mass is 10.2. The quantitative estimate of drug-likeness (QED) is 0.487. The Kier molecular flexibility index (Phi) is 6.82. The van der Waals surface area contributed by atoms with E-state index in [1.54, 1.807) is 17.5 Å². The molecule has 0 saturated carbocycles. The van der Waals surface area contributed by atoms with Crippen LogP contribution in [0.3, 0.4) is 0 Å². The van der Waals surface area contributed by atoms with Crippen LogP contribution in [0.2, 0.25) is 0 Å². The molecular formula is C23H27N5OS. The second-order valence-electron chi connectivity index (χ2n) is 7.08. The number of guanidine groups is 1. The van der Waals surface area contributed by atoms with Gasteiger partial charge in [-0.15, -0.1) is 11.3 Å². The Morgan fingerprint density at radius 3 is 2.73 bits per heavy atom. The molecule has 4 rings (SSSR count). The molecule has 6 nitrogen and oxygen atoms in total. The van der Waals surface area contributed by atoms with Crippen LogP contribution in [-0.2, 0) is 13.2 Å². The predicted molar refractivity (Wildman–Crippen MR) is 123 cm³/mol. The maximum absolute atomic E-state index is 5.89. The first-order valence-corrected chi connectivity index (χ1v) is 11.1. The first kappa shape index (κ1) is 20.2. The molecule has 0 bridgehead atoms. The summed E-state index contributed by atoms with van der Waals surface area (Å²) >= 11 is 1.80. The Morgan fingerprint density at radius 1 is 1.10 bits per heavy atom. The molecular weight excluding hydrogens is 394 g/mol. The van der Waals surface area contributed by atoms with Gasteiger partial charge in [-0.1, -0.05) is 18.2 Å². The van der Waals surface area contributed by atoms with Crippen molar-refractivity contribution in [2.24, 2.45) is 4.99 Å². The third kappa shape index (κ3) is 5.30. The third-order valence-corrected chi connectivity index (χ3v) is 6.00. The van der Waals surface area contributed by atoms with Gasteiger partial charge in [-0.05, 0) is 47.3 Å². The molecule has 30 heavy (non-hydrogen) atoms. The fraction of sp³-hybridized carbons (Fsp3) is 0.304. The smallest absolute Gasteiger partial charge is 0.194 e. The molecule has 7 heteroatoms. The van der Waals surface area contributed by atoms with Crippen molar-refractivity contribution in [1.82, 2.24) is 15.2 Å². The highest BCUT2D eigenvalue weighted by molar-refractivity contribution is 7.14. The van der Waals surface area contributed by atoms with Crippen molar-refractivity contribution < 1.29 is 4.74 Å². The standard InChI is InChI=1S/C23H27N5OS/c1-24-23(28-13-11-27(12-14-28)22-9-5-15-30-22)26-17-19-6-4-8-21(16-19)29-18-20-7-2-3-10-25-20/h2-10,15-16H,11-14,17-18H2,1H3,(H,24,26). The number of piperazine rings is 1. The second-order valence-corrected chi connectivity index (χ2v) is 8.01. The van der Waals surface area contributed by atoms with Crippen LogP contribution in [0.15, 0.2) is 71.2 Å². The summed E-state index contributed by atoms with van der Waals surface area (Å²) in [6.45, 7) is 5.12. The fourth-order valence-electron chi connectivity index (χ4n) is 3.49. The summed E-state index contributed by atoms with van der Waals surface area (Å²) in [5.41, 5.74) is 2.08. The van der Waals surface area contributed by atoms with Gasteiger partial charge in [-0.25, -0.2) is 0 Å². The minimum Gasteiger partial charge on any atom is -0.487 e. The van der Waals surface area contributed by atoms with E-state index in [2.05, 4.69) is 54.7 Å². The van der Waals surface area contributed by atoms with Crippen molar-refractivity contribution >= 4 is 22.3 Å². The Bertz CT molecular complexity index is 937. The van der Waals surface area contributed by atoms with Crippen LogP contribution in [0, 0.1) is 0 Å². The summed E-state index contributed by atoms with van der Waals surface area (Å²) in [5.74, 6) is 1.79. The number of pyridine rings is 1. The van der Waals surface area contributed by atoms with Crippen LogP contribution in [0.4, 0.5) is 5.00 Å². The Balaban J connectivity index is 1.28. The van der Waals surface area contributed by atoms with Gasteiger partial charge in [0, 0.05) is 46.0 Å². The molecule has 1 aliphatic rings. The molecule has 0 radical (unpaired) electrons. The molecule has 0 aliphatic carbocycles. The summed E-state index contributed by atoms with van der Waals surface area (Å²) in [6, 6.07) is 18.3. The maximum atomic E-state index is 5.89. The van der Waals surface area contributed by atoms with Gasteiger partial charge in [0.2, 0.25) is 0 Å². The van der Waals surface area contributed by atoms with Gasteiger partial charge in [0.25, 0.3) is 0 Å². The number of thiophene rings is 1. The van der Waals surface area contributed by atoms with Gasteiger partial charge in [0.05, 0.1) is 10.7 Å². The molecule has 1 N–H and O–H groups in total. The van der Waals surface area contributed by atoms with Crippen molar-refractivity contribution in [2.75, 3.05) is 38.1 Å². The number of hydrogen-bond donors (Lipinski definition) is 1. The lowest BCUT2D eigenvalue weighted by molar-refractivity contribution is 0.301. The molecule has 1 aromatic carbocycles. The molecule has 156 valence electrons. The predicted octanol–water partition coefficient (Wildman–Crippen LogP) is 3.62. The summed E-state index contributed by atoms with van der Waals surface area (Å²) in [4.78, 5) is 13.6. The van der Waals surface area contributed by atoms with Gasteiger partial charge < -0.3 is 19.9 Å². The van der Waals surface area contributed by atoms with Crippen molar-refractivity contribution in [1.29, 1.82) is 0 Å². The van der Waals surface area contributed by atoms with Gasteiger partial charge >= 0.3 is 0 Å². The van der Waals surface area contributed by atoms with Crippen LogP contribution in [0.25, 0.3) is 0 Å². The van der Waals surface area contributed by atoms with E-state index in [0.29, 0.717) is 13.2 Å². The molecule has 0 atom stereocenters. The Hall–Kier alpha value is -3.06. The topological polar surface area (TPSA) is 53.0 Å². The summed E-state index contributed by atoms with van der Waals surface area (Å²) in [6.07, 6.45) is 1.78. The lowest BCUT2D eigenvalue weighted by Gasteiger charge is -2.37. The molecule has 1 aliphatic heterocycles. The van der Waals surface area contributed by atoms with Gasteiger partial charge in [-0.3, -0.25) is 9.98 Å². The fourth-order valence-corrected chi connectivity index (χ4v) is 4.27. The highest BCUT2D eigenvalue weighted by Crippen LogP contribution is 2.22. The maximum Gasteiger partial charge on any atom is 0.194 e. The number of ether oxygens (including phenoxy) is 1. The van der Waals surface area contributed by atoms with E-state index in [1.807, 2.05) is 37.4 Å². The minimum atomic E-state index is 0.466.